The lowest BCUT2D eigenvalue weighted by Crippen LogP contribution is -2.36. The third kappa shape index (κ3) is 2.75. The normalized spacial score (nSPS) is 15.2. The van der Waals surface area contributed by atoms with Crippen LogP contribution in [0.15, 0.2) is 30.3 Å². The molecule has 2 N–H and O–H groups in total. The van der Waals surface area contributed by atoms with Crippen LogP contribution in [0.5, 0.6) is 0 Å². The molecule has 6 nitrogen and oxygen atoms in total. The fourth-order valence-corrected chi connectivity index (χ4v) is 2.44. The van der Waals surface area contributed by atoms with Gasteiger partial charge in [0.15, 0.2) is 0 Å². The summed E-state index contributed by atoms with van der Waals surface area (Å²) in [6, 6.07) is 9.20. The number of ether oxygens (including phenoxy) is 1. The van der Waals surface area contributed by atoms with Gasteiger partial charge in [-0.1, -0.05) is 0 Å². The van der Waals surface area contributed by atoms with Crippen LogP contribution in [0.1, 0.15) is 16.1 Å². The van der Waals surface area contributed by atoms with Crippen LogP contribution in [-0.4, -0.2) is 42.0 Å². The van der Waals surface area contributed by atoms with Crippen LogP contribution in [0.4, 0.5) is 11.5 Å². The molecule has 2 aromatic rings. The van der Waals surface area contributed by atoms with E-state index >= 15 is 0 Å². The Hall–Kier alpha value is -2.34. The van der Waals surface area contributed by atoms with Gasteiger partial charge in [-0.3, -0.25) is 4.79 Å². The first-order valence-corrected chi connectivity index (χ1v) is 6.95. The van der Waals surface area contributed by atoms with Gasteiger partial charge in [0, 0.05) is 30.4 Å². The molecule has 1 aliphatic rings. The molecule has 0 spiro atoms. The molecule has 1 fully saturated rings. The zero-order chi connectivity index (χ0) is 14.8. The highest BCUT2D eigenvalue weighted by molar-refractivity contribution is 5.97. The van der Waals surface area contributed by atoms with Crippen LogP contribution in [0.25, 0.3) is 0 Å². The number of aryl methyl sites for hydroxylation is 1. The fraction of sp³-hybridized carbons (Fsp3) is 0.333. The molecule has 0 saturated carbocycles. The maximum absolute atomic E-state index is 12.4. The highest BCUT2D eigenvalue weighted by atomic mass is 16.5. The smallest absolute Gasteiger partial charge is 0.280 e. The Morgan fingerprint density at radius 3 is 2.48 bits per heavy atom. The van der Waals surface area contributed by atoms with Crippen molar-refractivity contribution in [3.8, 4) is 0 Å². The molecule has 0 unspecified atom stereocenters. The highest BCUT2D eigenvalue weighted by Gasteiger charge is 2.15. The molecule has 0 atom stereocenters. The van der Waals surface area contributed by atoms with E-state index in [4.69, 9.17) is 10.5 Å². The van der Waals surface area contributed by atoms with Gasteiger partial charge >= 0.3 is 0 Å². The molecule has 3 rings (SSSR count). The van der Waals surface area contributed by atoms with Crippen LogP contribution < -0.4 is 10.6 Å². The molecule has 0 radical (unpaired) electrons. The average Bonchev–Trinajstić information content (AvgIpc) is 2.86. The molecule has 0 amide bonds. The van der Waals surface area contributed by atoms with Crippen LogP contribution in [0.2, 0.25) is 0 Å². The number of rotatable bonds is 2. The van der Waals surface area contributed by atoms with Crippen LogP contribution in [0, 0.1) is 6.92 Å². The number of nitrogens with two attached hydrogens (primary N) is 1. The number of carbonyl (C=O) groups excluding carboxylic acids is 1. The minimum Gasteiger partial charge on any atom is -0.383 e. The lowest BCUT2D eigenvalue weighted by Gasteiger charge is -2.28. The van der Waals surface area contributed by atoms with Gasteiger partial charge in [0.25, 0.3) is 5.91 Å². The molecular weight excluding hydrogens is 268 g/mol. The Labute approximate surface area is 123 Å². The second kappa shape index (κ2) is 5.57. The number of carbonyl (C=O) groups is 1. The van der Waals surface area contributed by atoms with Crippen molar-refractivity contribution in [2.24, 2.45) is 0 Å². The Bertz CT molecular complexity index is 642. The maximum Gasteiger partial charge on any atom is 0.280 e. The van der Waals surface area contributed by atoms with Gasteiger partial charge < -0.3 is 15.4 Å². The molecule has 110 valence electrons. The molecule has 1 aromatic carbocycles. The monoisotopic (exact) mass is 286 g/mol. The van der Waals surface area contributed by atoms with Crippen LogP contribution in [0.3, 0.4) is 0 Å². The first-order valence-electron chi connectivity index (χ1n) is 6.95. The molecule has 1 aliphatic heterocycles. The molecule has 0 bridgehead atoms. The average molecular weight is 286 g/mol. The molecule has 2 heterocycles. The second-order valence-corrected chi connectivity index (χ2v) is 5.07. The van der Waals surface area contributed by atoms with E-state index in [9.17, 15) is 4.79 Å². The number of hydrogen-bond acceptors (Lipinski definition) is 5. The first kappa shape index (κ1) is 13.6. The standard InChI is InChI=1S/C15H18N4O2/c1-11-10-14(16)19(17-11)15(20)12-2-4-13(5-3-12)18-6-8-21-9-7-18/h2-5,10H,6-9,16H2,1H3. The summed E-state index contributed by atoms with van der Waals surface area (Å²) in [6.07, 6.45) is 0. The SMILES string of the molecule is Cc1cc(N)n(C(=O)c2ccc(N3CCOCC3)cc2)n1. The number of anilines is 2. The fourth-order valence-electron chi connectivity index (χ4n) is 2.44. The topological polar surface area (TPSA) is 73.4 Å². The molecule has 0 aliphatic carbocycles. The van der Waals surface area contributed by atoms with Crippen molar-refractivity contribution in [1.29, 1.82) is 0 Å². The lowest BCUT2D eigenvalue weighted by molar-refractivity contribution is 0.0947. The van der Waals surface area contributed by atoms with E-state index in [0.717, 1.165) is 37.7 Å². The number of nitrogen functional groups attached to an aromatic ring is 1. The van der Waals surface area contributed by atoms with Gasteiger partial charge in [0.2, 0.25) is 0 Å². The molecule has 6 heteroatoms. The van der Waals surface area contributed by atoms with Crippen LogP contribution >= 0.6 is 0 Å². The number of hydrogen-bond donors (Lipinski definition) is 1. The van der Waals surface area contributed by atoms with E-state index in [-0.39, 0.29) is 5.91 Å². The lowest BCUT2D eigenvalue weighted by atomic mass is 10.2. The summed E-state index contributed by atoms with van der Waals surface area (Å²) in [4.78, 5) is 14.6. The summed E-state index contributed by atoms with van der Waals surface area (Å²) in [5.74, 6) is 0.142. The van der Waals surface area contributed by atoms with E-state index < -0.39 is 0 Å². The van der Waals surface area contributed by atoms with Gasteiger partial charge in [0.05, 0.1) is 18.9 Å². The van der Waals surface area contributed by atoms with Crippen molar-refractivity contribution in [2.45, 2.75) is 6.92 Å². The van der Waals surface area contributed by atoms with Gasteiger partial charge in [-0.15, -0.1) is 0 Å². The summed E-state index contributed by atoms with van der Waals surface area (Å²) in [6.45, 7) is 5.03. The van der Waals surface area contributed by atoms with Crippen molar-refractivity contribution in [2.75, 3.05) is 36.9 Å². The quantitative estimate of drug-likeness (QED) is 0.900. The third-order valence-electron chi connectivity index (χ3n) is 3.54. The van der Waals surface area contributed by atoms with E-state index in [1.807, 2.05) is 31.2 Å². The van der Waals surface area contributed by atoms with Crippen molar-refractivity contribution < 1.29 is 9.53 Å². The van der Waals surface area contributed by atoms with E-state index in [1.54, 1.807) is 6.07 Å². The summed E-state index contributed by atoms with van der Waals surface area (Å²) < 4.78 is 6.57. The van der Waals surface area contributed by atoms with Crippen molar-refractivity contribution in [3.63, 3.8) is 0 Å². The van der Waals surface area contributed by atoms with Crippen molar-refractivity contribution in [3.05, 3.63) is 41.6 Å². The Morgan fingerprint density at radius 1 is 1.24 bits per heavy atom. The molecule has 21 heavy (non-hydrogen) atoms. The summed E-state index contributed by atoms with van der Waals surface area (Å²) in [7, 11) is 0. The van der Waals surface area contributed by atoms with Gasteiger partial charge in [-0.25, -0.2) is 0 Å². The van der Waals surface area contributed by atoms with E-state index in [1.165, 1.54) is 4.68 Å². The second-order valence-electron chi connectivity index (χ2n) is 5.07. The van der Waals surface area contributed by atoms with Crippen LogP contribution in [-0.2, 0) is 4.74 Å². The van der Waals surface area contributed by atoms with Gasteiger partial charge in [-0.2, -0.15) is 9.78 Å². The summed E-state index contributed by atoms with van der Waals surface area (Å²) in [5, 5.41) is 4.11. The van der Waals surface area contributed by atoms with Crippen molar-refractivity contribution in [1.82, 2.24) is 9.78 Å². The predicted octanol–water partition coefficient (Wildman–Crippen LogP) is 1.30. The van der Waals surface area contributed by atoms with Gasteiger partial charge in [-0.05, 0) is 31.2 Å². The Balaban J connectivity index is 1.80. The first-order chi connectivity index (χ1) is 10.1. The Morgan fingerprint density at radius 2 is 1.90 bits per heavy atom. The summed E-state index contributed by atoms with van der Waals surface area (Å²) >= 11 is 0. The zero-order valence-corrected chi connectivity index (χ0v) is 12.0. The van der Waals surface area contributed by atoms with Gasteiger partial charge in [0.1, 0.15) is 5.82 Å². The molecular formula is C15H18N4O2. The number of morpholine rings is 1. The van der Waals surface area contributed by atoms with E-state index in [2.05, 4.69) is 10.00 Å². The molecule has 1 aromatic heterocycles. The third-order valence-corrected chi connectivity index (χ3v) is 3.54. The minimum atomic E-state index is -0.214. The Kier molecular flexibility index (Phi) is 3.62. The number of benzene rings is 1. The largest absolute Gasteiger partial charge is 0.383 e. The maximum atomic E-state index is 12.4. The van der Waals surface area contributed by atoms with E-state index in [0.29, 0.717) is 11.4 Å². The number of aromatic nitrogens is 2. The summed E-state index contributed by atoms with van der Waals surface area (Å²) in [5.41, 5.74) is 8.18. The number of nitrogens with zero attached hydrogens (tertiary/aromatic N) is 3. The zero-order valence-electron chi connectivity index (χ0n) is 12.0. The van der Waals surface area contributed by atoms with Crippen molar-refractivity contribution >= 4 is 17.4 Å². The predicted molar refractivity (Wildman–Crippen MR) is 80.6 cm³/mol. The minimum absolute atomic E-state index is 0.214. The highest BCUT2D eigenvalue weighted by Crippen LogP contribution is 2.18. The molecule has 1 saturated heterocycles.